The number of amides is 1. The standard InChI is InChI=1S/C15H22N2O3/c1-3-15(4-2,14(19)20)10-17-13(18)9-11-5-7-12(16)8-6-11/h5-8H,3-4,9-10,16H2,1-2H3,(H,17,18)(H,19,20). The van der Waals surface area contributed by atoms with Crippen LogP contribution in [0, 0.1) is 5.41 Å². The average molecular weight is 278 g/mol. The lowest BCUT2D eigenvalue weighted by Gasteiger charge is -2.26. The molecule has 0 unspecified atom stereocenters. The van der Waals surface area contributed by atoms with E-state index in [2.05, 4.69) is 5.32 Å². The summed E-state index contributed by atoms with van der Waals surface area (Å²) in [6.45, 7) is 3.80. The van der Waals surface area contributed by atoms with E-state index in [0.717, 1.165) is 5.56 Å². The molecule has 1 amide bonds. The molecular weight excluding hydrogens is 256 g/mol. The predicted molar refractivity (Wildman–Crippen MR) is 78.2 cm³/mol. The zero-order valence-electron chi connectivity index (χ0n) is 12.0. The maximum atomic E-state index is 11.9. The Balaban J connectivity index is 2.58. The number of hydrogen-bond acceptors (Lipinski definition) is 3. The first kappa shape index (κ1) is 16.0. The summed E-state index contributed by atoms with van der Waals surface area (Å²) in [7, 11) is 0. The molecule has 0 spiro atoms. The van der Waals surface area contributed by atoms with Gasteiger partial charge in [-0.3, -0.25) is 9.59 Å². The third-order valence-corrected chi connectivity index (χ3v) is 3.78. The lowest BCUT2D eigenvalue weighted by Crippen LogP contribution is -2.42. The molecule has 110 valence electrons. The molecule has 4 N–H and O–H groups in total. The maximum Gasteiger partial charge on any atom is 0.311 e. The molecule has 5 heteroatoms. The summed E-state index contributed by atoms with van der Waals surface area (Å²) >= 11 is 0. The zero-order valence-corrected chi connectivity index (χ0v) is 12.0. The second-order valence-corrected chi connectivity index (χ2v) is 4.99. The highest BCUT2D eigenvalue weighted by Crippen LogP contribution is 2.25. The lowest BCUT2D eigenvalue weighted by atomic mass is 9.82. The van der Waals surface area contributed by atoms with Crippen LogP contribution in [0.1, 0.15) is 32.3 Å². The molecule has 0 aromatic heterocycles. The maximum absolute atomic E-state index is 11.9. The molecule has 0 bridgehead atoms. The molecule has 0 fully saturated rings. The van der Waals surface area contributed by atoms with Crippen LogP contribution >= 0.6 is 0 Å². The molecule has 5 nitrogen and oxygen atoms in total. The van der Waals surface area contributed by atoms with Gasteiger partial charge in [0.05, 0.1) is 11.8 Å². The Bertz CT molecular complexity index is 465. The molecule has 0 aliphatic rings. The Morgan fingerprint density at radius 1 is 1.20 bits per heavy atom. The van der Waals surface area contributed by atoms with Gasteiger partial charge in [0.2, 0.25) is 5.91 Å². The van der Waals surface area contributed by atoms with E-state index in [1.807, 2.05) is 13.8 Å². The smallest absolute Gasteiger partial charge is 0.311 e. The van der Waals surface area contributed by atoms with Crippen molar-refractivity contribution >= 4 is 17.6 Å². The van der Waals surface area contributed by atoms with Gasteiger partial charge in [0.25, 0.3) is 0 Å². The first-order valence-corrected chi connectivity index (χ1v) is 6.78. The number of nitrogen functional groups attached to an aromatic ring is 1. The van der Waals surface area contributed by atoms with Gasteiger partial charge in [-0.15, -0.1) is 0 Å². The van der Waals surface area contributed by atoms with Gasteiger partial charge in [0.15, 0.2) is 0 Å². The largest absolute Gasteiger partial charge is 0.481 e. The van der Waals surface area contributed by atoms with Crippen LogP contribution in [0.3, 0.4) is 0 Å². The molecule has 0 saturated carbocycles. The fourth-order valence-corrected chi connectivity index (χ4v) is 2.03. The topological polar surface area (TPSA) is 92.4 Å². The van der Waals surface area contributed by atoms with E-state index in [9.17, 15) is 14.7 Å². The summed E-state index contributed by atoms with van der Waals surface area (Å²) in [5.74, 6) is -1.04. The van der Waals surface area contributed by atoms with Crippen molar-refractivity contribution in [3.05, 3.63) is 29.8 Å². The Morgan fingerprint density at radius 2 is 1.75 bits per heavy atom. The highest BCUT2D eigenvalue weighted by atomic mass is 16.4. The second-order valence-electron chi connectivity index (χ2n) is 4.99. The van der Waals surface area contributed by atoms with Crippen LogP contribution in [0.2, 0.25) is 0 Å². The van der Waals surface area contributed by atoms with Crippen molar-refractivity contribution in [3.63, 3.8) is 0 Å². The first-order valence-electron chi connectivity index (χ1n) is 6.78. The Hall–Kier alpha value is -2.04. The van der Waals surface area contributed by atoms with Gasteiger partial charge in [-0.1, -0.05) is 26.0 Å². The fraction of sp³-hybridized carbons (Fsp3) is 0.467. The van der Waals surface area contributed by atoms with E-state index < -0.39 is 11.4 Å². The third kappa shape index (κ3) is 3.98. The number of aliphatic carboxylic acids is 1. The molecule has 0 radical (unpaired) electrons. The lowest BCUT2D eigenvalue weighted by molar-refractivity contribution is -0.149. The van der Waals surface area contributed by atoms with E-state index in [0.29, 0.717) is 18.5 Å². The summed E-state index contributed by atoms with van der Waals surface area (Å²) < 4.78 is 0. The van der Waals surface area contributed by atoms with E-state index in [1.54, 1.807) is 24.3 Å². The van der Waals surface area contributed by atoms with Crippen molar-refractivity contribution in [2.75, 3.05) is 12.3 Å². The van der Waals surface area contributed by atoms with E-state index in [-0.39, 0.29) is 18.9 Å². The summed E-state index contributed by atoms with van der Waals surface area (Å²) in [6.07, 6.45) is 1.20. The minimum Gasteiger partial charge on any atom is -0.481 e. The minimum atomic E-state index is -0.878. The van der Waals surface area contributed by atoms with E-state index in [1.165, 1.54) is 0 Å². The second kappa shape index (κ2) is 6.93. The quantitative estimate of drug-likeness (QED) is 0.663. The molecule has 0 heterocycles. The highest BCUT2D eigenvalue weighted by molar-refractivity contribution is 5.80. The number of carboxylic acids is 1. The van der Waals surface area contributed by atoms with Crippen molar-refractivity contribution in [1.29, 1.82) is 0 Å². The fourth-order valence-electron chi connectivity index (χ4n) is 2.03. The van der Waals surface area contributed by atoms with Crippen LogP contribution in [0.4, 0.5) is 5.69 Å². The van der Waals surface area contributed by atoms with Gasteiger partial charge < -0.3 is 16.2 Å². The number of nitrogens with one attached hydrogen (secondary N) is 1. The molecule has 20 heavy (non-hydrogen) atoms. The number of rotatable bonds is 7. The van der Waals surface area contributed by atoms with Crippen LogP contribution in [0.15, 0.2) is 24.3 Å². The van der Waals surface area contributed by atoms with Crippen LogP contribution in [-0.2, 0) is 16.0 Å². The molecule has 0 aliphatic heterocycles. The van der Waals surface area contributed by atoms with E-state index in [4.69, 9.17) is 5.73 Å². The monoisotopic (exact) mass is 278 g/mol. The molecule has 1 rings (SSSR count). The Kier molecular flexibility index (Phi) is 5.55. The van der Waals surface area contributed by atoms with Gasteiger partial charge in [-0.2, -0.15) is 0 Å². The number of anilines is 1. The first-order chi connectivity index (χ1) is 9.43. The normalized spacial score (nSPS) is 11.1. The third-order valence-electron chi connectivity index (χ3n) is 3.78. The van der Waals surface area contributed by atoms with Crippen molar-refractivity contribution in [2.45, 2.75) is 33.1 Å². The number of nitrogens with two attached hydrogens (primary N) is 1. The number of carbonyl (C=O) groups is 2. The summed E-state index contributed by atoms with van der Waals surface area (Å²) in [4.78, 5) is 23.2. The Labute approximate surface area is 119 Å². The highest BCUT2D eigenvalue weighted by Gasteiger charge is 2.34. The molecule has 0 atom stereocenters. The van der Waals surface area contributed by atoms with Crippen LogP contribution in [-0.4, -0.2) is 23.5 Å². The van der Waals surface area contributed by atoms with Crippen molar-refractivity contribution in [3.8, 4) is 0 Å². The predicted octanol–water partition coefficient (Wildman–Crippen LogP) is 1.82. The van der Waals surface area contributed by atoms with Crippen molar-refractivity contribution in [1.82, 2.24) is 5.32 Å². The molecule has 1 aromatic rings. The summed E-state index contributed by atoms with van der Waals surface area (Å²) in [6, 6.07) is 7.06. The van der Waals surface area contributed by atoms with Crippen molar-refractivity contribution in [2.24, 2.45) is 5.41 Å². The van der Waals surface area contributed by atoms with E-state index >= 15 is 0 Å². The van der Waals surface area contributed by atoms with Crippen LogP contribution in [0.5, 0.6) is 0 Å². The number of benzene rings is 1. The number of hydrogen-bond donors (Lipinski definition) is 3. The van der Waals surface area contributed by atoms with Crippen LogP contribution in [0.25, 0.3) is 0 Å². The summed E-state index contributed by atoms with van der Waals surface area (Å²) in [5, 5.41) is 12.0. The van der Waals surface area contributed by atoms with Gasteiger partial charge in [0.1, 0.15) is 0 Å². The molecular formula is C15H22N2O3. The Morgan fingerprint density at radius 3 is 2.20 bits per heavy atom. The van der Waals surface area contributed by atoms with Gasteiger partial charge in [0, 0.05) is 12.2 Å². The van der Waals surface area contributed by atoms with Gasteiger partial charge in [-0.05, 0) is 30.5 Å². The number of carbonyl (C=O) groups excluding carboxylic acids is 1. The van der Waals surface area contributed by atoms with Crippen molar-refractivity contribution < 1.29 is 14.7 Å². The SMILES string of the molecule is CCC(CC)(CNC(=O)Cc1ccc(N)cc1)C(=O)O. The average Bonchev–Trinajstić information content (AvgIpc) is 2.43. The summed E-state index contributed by atoms with van der Waals surface area (Å²) in [5.41, 5.74) is 6.20. The molecule has 0 aliphatic carbocycles. The van der Waals surface area contributed by atoms with Crippen LogP contribution < -0.4 is 11.1 Å². The molecule has 1 aromatic carbocycles. The minimum absolute atomic E-state index is 0.156. The van der Waals surface area contributed by atoms with Gasteiger partial charge >= 0.3 is 5.97 Å². The van der Waals surface area contributed by atoms with Gasteiger partial charge in [-0.25, -0.2) is 0 Å². The molecule has 0 saturated heterocycles. The zero-order chi connectivity index (χ0) is 15.2. The number of carboxylic acid groups (broad SMARTS) is 1.